The lowest BCUT2D eigenvalue weighted by atomic mass is 10.1. The van der Waals surface area contributed by atoms with Crippen molar-refractivity contribution >= 4 is 16.7 Å². The summed E-state index contributed by atoms with van der Waals surface area (Å²) in [7, 11) is 0. The maximum Gasteiger partial charge on any atom is 0.389 e. The van der Waals surface area contributed by atoms with Gasteiger partial charge in [0.25, 0.3) is 0 Å². The molecule has 4 aromatic rings. The van der Waals surface area contributed by atoms with Crippen molar-refractivity contribution in [2.75, 3.05) is 0 Å². The van der Waals surface area contributed by atoms with Crippen molar-refractivity contribution in [3.63, 3.8) is 0 Å². The van der Waals surface area contributed by atoms with Crippen LogP contribution in [-0.2, 0) is 6.42 Å². The Bertz CT molecular complexity index is 1060. The van der Waals surface area contributed by atoms with Crippen molar-refractivity contribution in [1.82, 2.24) is 24.3 Å². The minimum absolute atomic E-state index is 0.106. The van der Waals surface area contributed by atoms with Crippen LogP contribution < -0.4 is 0 Å². The number of nitrogens with one attached hydrogen (secondary N) is 1. The van der Waals surface area contributed by atoms with Gasteiger partial charge < -0.3 is 9.38 Å². The van der Waals surface area contributed by atoms with Crippen molar-refractivity contribution in [3.8, 4) is 11.1 Å². The fourth-order valence-corrected chi connectivity index (χ4v) is 2.69. The number of nitrogens with zero attached hydrogens (tertiary/aromatic N) is 4. The standard InChI is InChI=1S/C16H11F4N5/c17-12-5-9(8-25-4-3-21-15(12)25)10-6-23-14-11(10)7-22-13(24-14)1-2-16(18,19)20/h3-8H,1-2H2,(H,22,23,24). The van der Waals surface area contributed by atoms with Gasteiger partial charge in [0.1, 0.15) is 11.5 Å². The Kier molecular flexibility index (Phi) is 3.45. The molecule has 0 bridgehead atoms. The third-order valence-corrected chi connectivity index (χ3v) is 3.87. The van der Waals surface area contributed by atoms with Gasteiger partial charge in [-0.05, 0) is 6.07 Å². The van der Waals surface area contributed by atoms with Gasteiger partial charge in [0.2, 0.25) is 0 Å². The zero-order valence-corrected chi connectivity index (χ0v) is 12.7. The monoisotopic (exact) mass is 349 g/mol. The molecule has 0 aliphatic rings. The highest BCUT2D eigenvalue weighted by atomic mass is 19.4. The highest BCUT2D eigenvalue weighted by molar-refractivity contribution is 5.93. The molecule has 25 heavy (non-hydrogen) atoms. The van der Waals surface area contributed by atoms with Gasteiger partial charge in [-0.3, -0.25) is 0 Å². The summed E-state index contributed by atoms with van der Waals surface area (Å²) in [4.78, 5) is 14.9. The molecule has 0 fully saturated rings. The van der Waals surface area contributed by atoms with Gasteiger partial charge in [0.15, 0.2) is 11.5 Å². The number of hydrogen-bond acceptors (Lipinski definition) is 3. The Morgan fingerprint density at radius 3 is 2.84 bits per heavy atom. The van der Waals surface area contributed by atoms with Crippen LogP contribution in [0.25, 0.3) is 27.8 Å². The van der Waals surface area contributed by atoms with Gasteiger partial charge in [-0.15, -0.1) is 0 Å². The fraction of sp³-hybridized carbons (Fsp3) is 0.188. The largest absolute Gasteiger partial charge is 0.389 e. The minimum atomic E-state index is -4.25. The molecule has 1 N–H and O–H groups in total. The number of hydrogen-bond donors (Lipinski definition) is 1. The van der Waals surface area contributed by atoms with Crippen LogP contribution in [0.15, 0.2) is 37.1 Å². The van der Waals surface area contributed by atoms with E-state index in [2.05, 4.69) is 19.9 Å². The third kappa shape index (κ3) is 2.92. The summed E-state index contributed by atoms with van der Waals surface area (Å²) in [6.07, 6.45) is 2.40. The van der Waals surface area contributed by atoms with Gasteiger partial charge in [-0.2, -0.15) is 13.2 Å². The summed E-state index contributed by atoms with van der Waals surface area (Å²) in [5.41, 5.74) is 1.87. The lowest BCUT2D eigenvalue weighted by molar-refractivity contribution is -0.134. The lowest BCUT2D eigenvalue weighted by Gasteiger charge is -2.05. The van der Waals surface area contributed by atoms with Crippen LogP contribution in [0.3, 0.4) is 0 Å². The average molecular weight is 349 g/mol. The van der Waals surface area contributed by atoms with Gasteiger partial charge >= 0.3 is 6.18 Å². The van der Waals surface area contributed by atoms with Crippen LogP contribution >= 0.6 is 0 Å². The Morgan fingerprint density at radius 1 is 1.20 bits per heavy atom. The third-order valence-electron chi connectivity index (χ3n) is 3.87. The number of fused-ring (bicyclic) bond motifs is 2. The van der Waals surface area contributed by atoms with E-state index in [0.717, 1.165) is 0 Å². The predicted molar refractivity (Wildman–Crippen MR) is 82.4 cm³/mol. The van der Waals surface area contributed by atoms with Crippen LogP contribution in [0.1, 0.15) is 12.2 Å². The highest BCUT2D eigenvalue weighted by Gasteiger charge is 2.27. The van der Waals surface area contributed by atoms with Crippen LogP contribution in [0, 0.1) is 5.82 Å². The minimum Gasteiger partial charge on any atom is -0.345 e. The van der Waals surface area contributed by atoms with Crippen molar-refractivity contribution < 1.29 is 17.6 Å². The molecule has 0 saturated carbocycles. The summed E-state index contributed by atoms with van der Waals surface area (Å²) in [6.45, 7) is 0. The Labute approximate surface area is 138 Å². The van der Waals surface area contributed by atoms with E-state index in [-0.39, 0.29) is 17.9 Å². The molecule has 0 atom stereocenters. The molecule has 0 unspecified atom stereocenters. The number of rotatable bonds is 3. The zero-order chi connectivity index (χ0) is 17.6. The second kappa shape index (κ2) is 5.54. The molecule has 0 spiro atoms. The predicted octanol–water partition coefficient (Wildman–Crippen LogP) is 3.91. The van der Waals surface area contributed by atoms with E-state index < -0.39 is 18.4 Å². The fourth-order valence-electron chi connectivity index (χ4n) is 2.69. The lowest BCUT2D eigenvalue weighted by Crippen LogP contribution is -2.10. The number of halogens is 4. The molecule has 0 radical (unpaired) electrons. The van der Waals surface area contributed by atoms with Crippen molar-refractivity contribution in [2.24, 2.45) is 0 Å². The van der Waals surface area contributed by atoms with E-state index in [4.69, 9.17) is 0 Å². The summed E-state index contributed by atoms with van der Waals surface area (Å²) >= 11 is 0. The molecule has 4 rings (SSSR count). The number of aryl methyl sites for hydroxylation is 1. The maximum absolute atomic E-state index is 14.1. The first-order chi connectivity index (χ1) is 11.9. The van der Waals surface area contributed by atoms with E-state index in [0.29, 0.717) is 22.2 Å². The topological polar surface area (TPSA) is 58.9 Å². The smallest absolute Gasteiger partial charge is 0.345 e. The maximum atomic E-state index is 14.1. The summed E-state index contributed by atoms with van der Waals surface area (Å²) in [5, 5.41) is 0.606. The first-order valence-electron chi connectivity index (χ1n) is 7.43. The van der Waals surface area contributed by atoms with Crippen LogP contribution in [0.5, 0.6) is 0 Å². The van der Waals surface area contributed by atoms with Crippen molar-refractivity contribution in [2.45, 2.75) is 19.0 Å². The quantitative estimate of drug-likeness (QED) is 0.571. The van der Waals surface area contributed by atoms with Gasteiger partial charge in [0.05, 0.1) is 6.42 Å². The van der Waals surface area contributed by atoms with E-state index in [1.165, 1.54) is 18.5 Å². The first-order valence-corrected chi connectivity index (χ1v) is 7.43. The average Bonchev–Trinajstić information content (AvgIpc) is 3.18. The van der Waals surface area contributed by atoms with Gasteiger partial charge in [-0.25, -0.2) is 19.3 Å². The summed E-state index contributed by atoms with van der Waals surface area (Å²) in [5.74, 6) is -0.367. The van der Waals surface area contributed by atoms with Crippen molar-refractivity contribution in [1.29, 1.82) is 0 Å². The molecule has 0 saturated heterocycles. The highest BCUT2D eigenvalue weighted by Crippen LogP contribution is 2.29. The van der Waals surface area contributed by atoms with E-state index in [1.54, 1.807) is 23.0 Å². The SMILES string of the molecule is Fc1cc(-c2c[nH]c3nc(CCC(F)(F)F)ncc23)cn2ccnc12. The van der Waals surface area contributed by atoms with E-state index >= 15 is 0 Å². The Morgan fingerprint density at radius 2 is 2.04 bits per heavy atom. The molecule has 0 aliphatic carbocycles. The van der Waals surface area contributed by atoms with Crippen molar-refractivity contribution in [3.05, 3.63) is 48.7 Å². The van der Waals surface area contributed by atoms with E-state index in [9.17, 15) is 17.6 Å². The number of aromatic nitrogens is 5. The molecule has 4 heterocycles. The summed E-state index contributed by atoms with van der Waals surface area (Å²) < 4.78 is 52.6. The number of pyridine rings is 1. The Hall–Kier alpha value is -2.97. The van der Waals surface area contributed by atoms with Crippen LogP contribution in [0.2, 0.25) is 0 Å². The molecule has 9 heteroatoms. The Balaban J connectivity index is 1.73. The number of aromatic amines is 1. The van der Waals surface area contributed by atoms with Crippen LogP contribution in [0.4, 0.5) is 17.6 Å². The zero-order valence-electron chi connectivity index (χ0n) is 12.7. The van der Waals surface area contributed by atoms with Gasteiger partial charge in [-0.1, -0.05) is 0 Å². The first kappa shape index (κ1) is 15.6. The molecular formula is C16H11F4N5. The molecular weight excluding hydrogens is 338 g/mol. The molecule has 128 valence electrons. The number of H-pyrrole nitrogens is 1. The molecule has 0 aliphatic heterocycles. The number of imidazole rings is 1. The van der Waals surface area contributed by atoms with E-state index in [1.807, 2.05) is 0 Å². The molecule has 0 aromatic carbocycles. The molecule has 0 amide bonds. The van der Waals surface area contributed by atoms with Gasteiger partial charge in [0, 0.05) is 53.9 Å². The summed E-state index contributed by atoms with van der Waals surface area (Å²) in [6, 6.07) is 1.35. The van der Waals surface area contributed by atoms with Crippen LogP contribution in [-0.4, -0.2) is 30.5 Å². The molecule has 4 aromatic heterocycles. The normalized spacial score (nSPS) is 12.3. The second-order valence-corrected chi connectivity index (χ2v) is 5.60. The molecule has 5 nitrogen and oxygen atoms in total. The second-order valence-electron chi connectivity index (χ2n) is 5.60. The number of alkyl halides is 3.